The Morgan fingerprint density at radius 2 is 1.90 bits per heavy atom. The number of amides is 2. The first-order valence-electron chi connectivity index (χ1n) is 12.2. The fourth-order valence-electron chi connectivity index (χ4n) is 3.77. The van der Waals surface area contributed by atoms with Gasteiger partial charge >= 0.3 is 6.03 Å². The third-order valence-electron chi connectivity index (χ3n) is 5.82. The molecule has 0 fully saturated rings. The molecule has 11 heteroatoms. The SMILES string of the molecule is CC(C)(C)c1cc(NC(=O)Nc2ccc(Oc3ccnc(-c4cnsc4)c3)cc2F)n(-c2cccc(C#N)c2)n1. The van der Waals surface area contributed by atoms with E-state index in [1.54, 1.807) is 65.6 Å². The molecule has 2 amide bonds. The zero-order valence-electron chi connectivity index (χ0n) is 21.8. The van der Waals surface area contributed by atoms with E-state index in [0.29, 0.717) is 28.5 Å². The normalized spacial score (nSPS) is 11.1. The first-order valence-corrected chi connectivity index (χ1v) is 13.1. The van der Waals surface area contributed by atoms with E-state index < -0.39 is 11.8 Å². The summed E-state index contributed by atoms with van der Waals surface area (Å²) < 4.78 is 26.4. The van der Waals surface area contributed by atoms with Crippen LogP contribution in [-0.4, -0.2) is 25.2 Å². The summed E-state index contributed by atoms with van der Waals surface area (Å²) in [5, 5.41) is 21.1. The van der Waals surface area contributed by atoms with Gasteiger partial charge in [0, 0.05) is 40.8 Å². The molecule has 5 rings (SSSR count). The predicted molar refractivity (Wildman–Crippen MR) is 151 cm³/mol. The van der Waals surface area contributed by atoms with Gasteiger partial charge in [-0.3, -0.25) is 10.3 Å². The highest BCUT2D eigenvalue weighted by molar-refractivity contribution is 7.03. The number of nitrogens with one attached hydrogen (secondary N) is 2. The number of nitrogens with zero attached hydrogens (tertiary/aromatic N) is 5. The molecular weight excluding hydrogens is 529 g/mol. The lowest BCUT2D eigenvalue weighted by atomic mass is 9.92. The van der Waals surface area contributed by atoms with Gasteiger partial charge in [0.05, 0.1) is 40.6 Å². The monoisotopic (exact) mass is 553 g/mol. The van der Waals surface area contributed by atoms with Crippen LogP contribution < -0.4 is 15.4 Å². The fraction of sp³-hybridized carbons (Fsp3) is 0.138. The van der Waals surface area contributed by atoms with E-state index in [9.17, 15) is 14.4 Å². The molecule has 3 heterocycles. The van der Waals surface area contributed by atoms with Crippen LogP contribution >= 0.6 is 11.5 Å². The van der Waals surface area contributed by atoms with Crippen LogP contribution in [-0.2, 0) is 5.41 Å². The Balaban J connectivity index is 1.32. The Bertz CT molecular complexity index is 1720. The number of carbonyl (C=O) groups is 1. The van der Waals surface area contributed by atoms with Gasteiger partial charge in [-0.05, 0) is 47.9 Å². The van der Waals surface area contributed by atoms with E-state index in [1.807, 2.05) is 26.2 Å². The highest BCUT2D eigenvalue weighted by Crippen LogP contribution is 2.29. The van der Waals surface area contributed by atoms with Crippen LogP contribution in [0.1, 0.15) is 32.0 Å². The number of hydrogen-bond acceptors (Lipinski definition) is 7. The summed E-state index contributed by atoms with van der Waals surface area (Å²) in [6.07, 6.45) is 3.31. The van der Waals surface area contributed by atoms with Crippen molar-refractivity contribution >= 4 is 29.1 Å². The molecular formula is C29H24FN7O2S. The van der Waals surface area contributed by atoms with Crippen molar-refractivity contribution in [3.63, 3.8) is 0 Å². The minimum Gasteiger partial charge on any atom is -0.457 e. The van der Waals surface area contributed by atoms with E-state index in [2.05, 4.69) is 31.2 Å². The molecule has 0 unspecified atom stereocenters. The van der Waals surface area contributed by atoms with Gasteiger partial charge in [-0.2, -0.15) is 10.4 Å². The molecule has 0 aliphatic rings. The van der Waals surface area contributed by atoms with Gasteiger partial charge in [0.1, 0.15) is 23.1 Å². The number of nitriles is 1. The number of urea groups is 1. The fourth-order valence-corrected chi connectivity index (χ4v) is 4.30. The smallest absolute Gasteiger partial charge is 0.324 e. The number of pyridine rings is 1. The first kappa shape index (κ1) is 26.5. The highest BCUT2D eigenvalue weighted by atomic mass is 32.1. The summed E-state index contributed by atoms with van der Waals surface area (Å²) >= 11 is 1.32. The number of anilines is 2. The Hall–Kier alpha value is -5.08. The van der Waals surface area contributed by atoms with Gasteiger partial charge < -0.3 is 10.1 Å². The molecule has 0 saturated carbocycles. The summed E-state index contributed by atoms with van der Waals surface area (Å²) in [4.78, 5) is 17.2. The van der Waals surface area contributed by atoms with Crippen LogP contribution in [0.2, 0.25) is 0 Å². The van der Waals surface area contributed by atoms with Crippen LogP contribution in [0.4, 0.5) is 20.7 Å². The summed E-state index contributed by atoms with van der Waals surface area (Å²) in [7, 11) is 0. The van der Waals surface area contributed by atoms with Gasteiger partial charge in [0.25, 0.3) is 0 Å². The minimum absolute atomic E-state index is 0.0294. The second kappa shape index (κ2) is 11.0. The highest BCUT2D eigenvalue weighted by Gasteiger charge is 2.22. The second-order valence-electron chi connectivity index (χ2n) is 9.85. The summed E-state index contributed by atoms with van der Waals surface area (Å²) in [5.41, 5.74) is 3.01. The summed E-state index contributed by atoms with van der Waals surface area (Å²) in [6, 6.07) is 17.6. The molecule has 0 spiro atoms. The van der Waals surface area contributed by atoms with E-state index in [0.717, 1.165) is 11.3 Å². The lowest BCUT2D eigenvalue weighted by Gasteiger charge is -2.14. The molecule has 3 aromatic heterocycles. The van der Waals surface area contributed by atoms with Crippen LogP contribution in [0.15, 0.2) is 78.4 Å². The maximum Gasteiger partial charge on any atom is 0.324 e. The van der Waals surface area contributed by atoms with Crippen molar-refractivity contribution < 1.29 is 13.9 Å². The maximum absolute atomic E-state index is 15.0. The summed E-state index contributed by atoms with van der Waals surface area (Å²) in [5.74, 6) is 0.438. The molecule has 5 aromatic rings. The molecule has 0 bridgehead atoms. The van der Waals surface area contributed by atoms with Gasteiger partial charge in [-0.25, -0.2) is 18.2 Å². The van der Waals surface area contributed by atoms with Crippen molar-refractivity contribution in [3.8, 4) is 34.5 Å². The van der Waals surface area contributed by atoms with Gasteiger partial charge in [0.2, 0.25) is 0 Å². The third-order valence-corrected chi connectivity index (χ3v) is 6.41. The average Bonchev–Trinajstić information content (AvgIpc) is 3.61. The number of hydrogen-bond donors (Lipinski definition) is 2. The van der Waals surface area contributed by atoms with Crippen molar-refractivity contribution in [1.29, 1.82) is 5.26 Å². The van der Waals surface area contributed by atoms with Crippen molar-refractivity contribution in [2.45, 2.75) is 26.2 Å². The number of rotatable bonds is 6. The molecule has 200 valence electrons. The van der Waals surface area contributed by atoms with Gasteiger partial charge in [-0.15, -0.1) is 0 Å². The Morgan fingerprint density at radius 3 is 2.62 bits per heavy atom. The Kier molecular flexibility index (Phi) is 7.27. The Labute approximate surface area is 234 Å². The minimum atomic E-state index is -0.672. The zero-order valence-corrected chi connectivity index (χ0v) is 22.7. The molecule has 0 saturated heterocycles. The largest absolute Gasteiger partial charge is 0.457 e. The topological polar surface area (TPSA) is 118 Å². The third kappa shape index (κ3) is 5.98. The number of carbonyl (C=O) groups excluding carboxylic acids is 1. The zero-order chi connectivity index (χ0) is 28.3. The van der Waals surface area contributed by atoms with Crippen molar-refractivity contribution in [2.24, 2.45) is 0 Å². The van der Waals surface area contributed by atoms with Crippen LogP contribution in [0.25, 0.3) is 16.9 Å². The van der Waals surface area contributed by atoms with Crippen LogP contribution in [0.5, 0.6) is 11.5 Å². The molecule has 2 N–H and O–H groups in total. The molecule has 0 atom stereocenters. The lowest BCUT2D eigenvalue weighted by molar-refractivity contribution is 0.262. The number of halogens is 1. The first-order chi connectivity index (χ1) is 19.2. The molecule has 0 aliphatic heterocycles. The quantitative estimate of drug-likeness (QED) is 0.231. The lowest BCUT2D eigenvalue weighted by Crippen LogP contribution is -2.22. The van der Waals surface area contributed by atoms with Crippen molar-refractivity contribution in [3.05, 3.63) is 95.5 Å². The van der Waals surface area contributed by atoms with E-state index in [1.165, 1.54) is 23.7 Å². The van der Waals surface area contributed by atoms with Crippen LogP contribution in [0.3, 0.4) is 0 Å². The molecule has 0 aliphatic carbocycles. The summed E-state index contributed by atoms with van der Waals surface area (Å²) in [6.45, 7) is 6.00. The average molecular weight is 554 g/mol. The molecule has 9 nitrogen and oxygen atoms in total. The standard InChI is InChI=1S/C29H24FN7O2S/c1-29(2,3)26-14-27(37(36-26)20-6-4-5-18(11-20)15-31)35-28(38)34-24-8-7-21(12-23(24)30)39-22-9-10-32-25(13-22)19-16-33-40-17-19/h4-14,16-17H,1-3H3,(H2,34,35,38). The van der Waals surface area contributed by atoms with E-state index in [-0.39, 0.29) is 16.9 Å². The Morgan fingerprint density at radius 1 is 1.07 bits per heavy atom. The van der Waals surface area contributed by atoms with Gasteiger partial charge in [0.15, 0.2) is 0 Å². The predicted octanol–water partition coefficient (Wildman–Crippen LogP) is 7.14. The van der Waals surface area contributed by atoms with E-state index in [4.69, 9.17) is 4.74 Å². The van der Waals surface area contributed by atoms with Crippen molar-refractivity contribution in [2.75, 3.05) is 10.6 Å². The number of ether oxygens (including phenoxy) is 1. The second-order valence-corrected chi connectivity index (χ2v) is 10.5. The molecule has 0 radical (unpaired) electrons. The maximum atomic E-state index is 15.0. The molecule has 2 aromatic carbocycles. The van der Waals surface area contributed by atoms with Gasteiger partial charge in [-0.1, -0.05) is 26.8 Å². The number of benzene rings is 2. The molecule has 40 heavy (non-hydrogen) atoms. The van der Waals surface area contributed by atoms with Crippen LogP contribution in [0, 0.1) is 17.1 Å². The van der Waals surface area contributed by atoms with Crippen molar-refractivity contribution in [1.82, 2.24) is 19.1 Å². The van der Waals surface area contributed by atoms with E-state index >= 15 is 0 Å². The number of aromatic nitrogens is 4.